The second kappa shape index (κ2) is 27.2. The van der Waals surface area contributed by atoms with Gasteiger partial charge in [0.2, 0.25) is 0 Å². The molecule has 0 amide bonds. The van der Waals surface area contributed by atoms with Crippen molar-refractivity contribution in [1.29, 1.82) is 0 Å². The molecule has 0 radical (unpaired) electrons. The van der Waals surface area contributed by atoms with Gasteiger partial charge >= 0.3 is 5.97 Å². The molecule has 0 spiro atoms. The molecule has 5 rings (SSSR count). The summed E-state index contributed by atoms with van der Waals surface area (Å²) in [6, 6.07) is 28.1. The number of aryl methyl sites for hydroxylation is 2. The van der Waals surface area contributed by atoms with Crippen LogP contribution in [0.1, 0.15) is 79.4 Å². The largest absolute Gasteiger partial charge is 0.495 e. The smallest absolute Gasteiger partial charge is 0.330 e. The van der Waals surface area contributed by atoms with Gasteiger partial charge in [-0.1, -0.05) is 107 Å². The lowest BCUT2D eigenvalue weighted by atomic mass is 10.1. The second-order valence-corrected chi connectivity index (χ2v) is 13.1. The molecule has 0 atom stereocenters. The van der Waals surface area contributed by atoms with Crippen LogP contribution in [0.2, 0.25) is 0 Å². The van der Waals surface area contributed by atoms with Crippen molar-refractivity contribution in [3.05, 3.63) is 140 Å². The van der Waals surface area contributed by atoms with Gasteiger partial charge < -0.3 is 18.9 Å². The molecule has 0 unspecified atom stereocenters. The SMILES string of the molecule is C=C.C=CC(=O)OCCCCCCOc1ccc(C=C)cc1.CCCc1ccc(-c2nc3c(OC)ccc(OC)c3s2)cc1.CCCc1ccc(C=O)cc1. The van der Waals surface area contributed by atoms with Gasteiger partial charge in [0.25, 0.3) is 0 Å². The molecule has 292 valence electrons. The maximum absolute atomic E-state index is 10.8. The highest BCUT2D eigenvalue weighted by molar-refractivity contribution is 7.22. The monoisotopic (exact) mass is 763 g/mol. The third-order valence-corrected chi connectivity index (χ3v) is 9.26. The van der Waals surface area contributed by atoms with Gasteiger partial charge in [0.1, 0.15) is 38.8 Å². The van der Waals surface area contributed by atoms with E-state index in [0.717, 1.165) is 107 Å². The number of carbonyl (C=O) groups is 2. The van der Waals surface area contributed by atoms with E-state index in [0.29, 0.717) is 13.2 Å². The summed E-state index contributed by atoms with van der Waals surface area (Å²) in [5.41, 5.74) is 6.50. The van der Waals surface area contributed by atoms with Gasteiger partial charge in [-0.15, -0.1) is 24.5 Å². The fraction of sp³-hybridized carbons (Fsp3) is 0.298. The molecule has 1 heterocycles. The molecule has 7 nitrogen and oxygen atoms in total. The van der Waals surface area contributed by atoms with Crippen molar-refractivity contribution in [2.75, 3.05) is 27.4 Å². The minimum Gasteiger partial charge on any atom is -0.495 e. The maximum Gasteiger partial charge on any atom is 0.330 e. The number of fused-ring (bicyclic) bond motifs is 1. The van der Waals surface area contributed by atoms with E-state index in [1.165, 1.54) is 17.2 Å². The molecule has 0 fully saturated rings. The van der Waals surface area contributed by atoms with Crippen LogP contribution in [0, 0.1) is 0 Å². The van der Waals surface area contributed by atoms with Crippen LogP contribution in [0.25, 0.3) is 26.9 Å². The number of unbranched alkanes of at least 4 members (excludes halogenated alkanes) is 3. The van der Waals surface area contributed by atoms with E-state index in [-0.39, 0.29) is 5.97 Å². The fourth-order valence-electron chi connectivity index (χ4n) is 5.24. The van der Waals surface area contributed by atoms with Crippen LogP contribution in [-0.4, -0.2) is 44.7 Å². The maximum atomic E-state index is 10.8. The van der Waals surface area contributed by atoms with Crippen molar-refractivity contribution in [2.45, 2.75) is 65.2 Å². The minimum absolute atomic E-state index is 0.351. The summed E-state index contributed by atoms with van der Waals surface area (Å²) in [4.78, 5) is 25.8. The third-order valence-electron chi connectivity index (χ3n) is 8.14. The van der Waals surface area contributed by atoms with Crippen LogP contribution in [0.5, 0.6) is 17.2 Å². The number of nitrogens with zero attached hydrogens (tertiary/aromatic N) is 1. The second-order valence-electron chi connectivity index (χ2n) is 12.1. The molecule has 55 heavy (non-hydrogen) atoms. The number of thiazole rings is 1. The number of ether oxygens (including phenoxy) is 4. The van der Waals surface area contributed by atoms with E-state index in [1.807, 2.05) is 66.7 Å². The zero-order valence-corrected chi connectivity index (χ0v) is 33.8. The average molecular weight is 764 g/mol. The molecular formula is C47H57NO6S. The summed E-state index contributed by atoms with van der Waals surface area (Å²) in [5, 5.41) is 0.987. The molecule has 5 aromatic rings. The summed E-state index contributed by atoms with van der Waals surface area (Å²) >= 11 is 1.63. The summed E-state index contributed by atoms with van der Waals surface area (Å²) in [5.74, 6) is 2.15. The molecule has 0 bridgehead atoms. The number of carbonyl (C=O) groups excluding carboxylic acids is 2. The minimum atomic E-state index is -0.351. The molecule has 0 saturated heterocycles. The van der Waals surface area contributed by atoms with E-state index in [1.54, 1.807) is 25.6 Å². The topological polar surface area (TPSA) is 84.0 Å². The zero-order valence-electron chi connectivity index (χ0n) is 33.0. The lowest BCUT2D eigenvalue weighted by molar-refractivity contribution is -0.137. The van der Waals surface area contributed by atoms with Crippen molar-refractivity contribution in [3.8, 4) is 27.8 Å². The highest BCUT2D eigenvalue weighted by Crippen LogP contribution is 2.40. The van der Waals surface area contributed by atoms with Crippen molar-refractivity contribution >= 4 is 39.9 Å². The van der Waals surface area contributed by atoms with Crippen LogP contribution in [0.15, 0.2) is 117 Å². The van der Waals surface area contributed by atoms with Crippen LogP contribution >= 0.6 is 11.3 Å². The Kier molecular flexibility index (Phi) is 22.6. The Labute approximate surface area is 332 Å². The van der Waals surface area contributed by atoms with Crippen molar-refractivity contribution in [1.82, 2.24) is 4.98 Å². The Morgan fingerprint density at radius 1 is 0.709 bits per heavy atom. The summed E-state index contributed by atoms with van der Waals surface area (Å²) in [6.07, 6.45) is 12.4. The van der Waals surface area contributed by atoms with Gasteiger partial charge in [-0.25, -0.2) is 9.78 Å². The number of esters is 1. The van der Waals surface area contributed by atoms with Crippen LogP contribution in [-0.2, 0) is 22.4 Å². The number of aromatic nitrogens is 1. The number of aldehydes is 1. The molecule has 0 aliphatic carbocycles. The highest BCUT2D eigenvalue weighted by atomic mass is 32.1. The van der Waals surface area contributed by atoms with E-state index in [2.05, 4.69) is 64.4 Å². The first-order valence-electron chi connectivity index (χ1n) is 18.7. The Morgan fingerprint density at radius 2 is 1.25 bits per heavy atom. The molecular weight excluding hydrogens is 707 g/mol. The van der Waals surface area contributed by atoms with E-state index in [4.69, 9.17) is 23.9 Å². The normalized spacial score (nSPS) is 9.89. The predicted molar refractivity (Wildman–Crippen MR) is 231 cm³/mol. The van der Waals surface area contributed by atoms with Crippen molar-refractivity contribution < 1.29 is 28.5 Å². The van der Waals surface area contributed by atoms with Crippen LogP contribution in [0.4, 0.5) is 0 Å². The predicted octanol–water partition coefficient (Wildman–Crippen LogP) is 12.2. The van der Waals surface area contributed by atoms with Gasteiger partial charge in [0.15, 0.2) is 0 Å². The Balaban J connectivity index is 0.000000293. The molecule has 0 N–H and O–H groups in total. The number of hydrogen-bond donors (Lipinski definition) is 0. The van der Waals surface area contributed by atoms with E-state index < -0.39 is 0 Å². The van der Waals surface area contributed by atoms with Gasteiger partial charge in [-0.2, -0.15) is 0 Å². The van der Waals surface area contributed by atoms with Crippen molar-refractivity contribution in [2.24, 2.45) is 0 Å². The molecule has 1 aromatic heterocycles. The van der Waals surface area contributed by atoms with Gasteiger partial charge in [-0.05, 0) is 79.5 Å². The number of methoxy groups -OCH3 is 2. The number of hydrogen-bond acceptors (Lipinski definition) is 8. The number of benzene rings is 4. The molecule has 0 aliphatic rings. The van der Waals surface area contributed by atoms with Crippen molar-refractivity contribution in [3.63, 3.8) is 0 Å². The quantitative estimate of drug-likeness (QED) is 0.0289. The first-order valence-corrected chi connectivity index (χ1v) is 19.5. The standard InChI is InChI=1S/C18H19NO2S.C17H22O3.C10H12O.C2H4/c1-4-5-12-6-8-13(9-7-12)18-19-16-14(20-2)10-11-15(21-3)17(16)22-18;1-3-15-9-11-16(12-10-15)19-13-7-5-6-8-14-20-17(18)4-2;1-2-3-9-4-6-10(8-11)7-5-9;1-2/h6-11H,4-5H2,1-3H3;3-4,9-12H,1-2,5-8,13-14H2;4-8H,2-3H2,1H3;1-2H2. The highest BCUT2D eigenvalue weighted by Gasteiger charge is 2.14. The summed E-state index contributed by atoms with van der Waals surface area (Å²) < 4.78 is 22.4. The number of rotatable bonds is 18. The van der Waals surface area contributed by atoms with Gasteiger partial charge in [0, 0.05) is 17.2 Å². The van der Waals surface area contributed by atoms with E-state index >= 15 is 0 Å². The summed E-state index contributed by atoms with van der Waals surface area (Å²) in [7, 11) is 3.35. The third kappa shape index (κ3) is 16.2. The Bertz CT molecular complexity index is 1810. The summed E-state index contributed by atoms with van der Waals surface area (Å²) in [6.45, 7) is 18.6. The van der Waals surface area contributed by atoms with E-state index in [9.17, 15) is 9.59 Å². The molecule has 8 heteroatoms. The van der Waals surface area contributed by atoms with Crippen LogP contribution in [0.3, 0.4) is 0 Å². The Morgan fingerprint density at radius 3 is 1.78 bits per heavy atom. The fourth-order valence-corrected chi connectivity index (χ4v) is 6.32. The lowest BCUT2D eigenvalue weighted by Gasteiger charge is -2.06. The first kappa shape index (κ1) is 45.7. The van der Waals surface area contributed by atoms with Crippen LogP contribution < -0.4 is 14.2 Å². The molecule has 4 aromatic carbocycles. The van der Waals surface area contributed by atoms with Gasteiger partial charge in [0.05, 0.1) is 27.4 Å². The van der Waals surface area contributed by atoms with Gasteiger partial charge in [-0.3, -0.25) is 4.79 Å². The average Bonchev–Trinajstić information content (AvgIpc) is 3.69. The first-order chi connectivity index (χ1) is 26.9. The zero-order chi connectivity index (χ0) is 40.3. The molecule has 0 saturated carbocycles. The molecule has 0 aliphatic heterocycles. The Hall–Kier alpha value is -5.47. The lowest BCUT2D eigenvalue weighted by Crippen LogP contribution is -2.02.